The number of amides is 1. The molecule has 1 atom stereocenters. The van der Waals surface area contributed by atoms with E-state index in [1.807, 2.05) is 6.07 Å². The summed E-state index contributed by atoms with van der Waals surface area (Å²) in [6.07, 6.45) is 2.91. The molecule has 0 fully saturated rings. The Balaban J connectivity index is 1.57. The van der Waals surface area contributed by atoms with Crippen LogP contribution in [0.25, 0.3) is 11.5 Å². The second-order valence-corrected chi connectivity index (χ2v) is 6.00. The van der Waals surface area contributed by atoms with E-state index in [9.17, 15) is 14.7 Å². The van der Waals surface area contributed by atoms with Gasteiger partial charge in [0.1, 0.15) is 17.1 Å². The quantitative estimate of drug-likeness (QED) is 0.685. The van der Waals surface area contributed by atoms with Crippen molar-refractivity contribution in [3.8, 4) is 17.2 Å². The molecule has 2 heterocycles. The molecule has 126 valence electrons. The van der Waals surface area contributed by atoms with Gasteiger partial charge >= 0.3 is 0 Å². The maximum atomic E-state index is 12.5. The standard InChI is InChI=1S/C19H16N2O4/c22-16-4-1-3-11-12(16)6-8-14(11)20-18(23)13-7-9-15(21-19(13)24)17-5-2-10-25-17/h1-5,7,9-10,14,22H,6,8H2,(H,20,23)(H,21,24). The van der Waals surface area contributed by atoms with E-state index in [0.717, 1.165) is 11.1 Å². The van der Waals surface area contributed by atoms with Crippen molar-refractivity contribution >= 4 is 5.91 Å². The third kappa shape index (κ3) is 2.71. The minimum atomic E-state index is -0.472. The Labute approximate surface area is 143 Å². The number of furan rings is 1. The number of nitrogens with one attached hydrogen (secondary N) is 2. The van der Waals surface area contributed by atoms with Gasteiger partial charge in [-0.25, -0.2) is 0 Å². The van der Waals surface area contributed by atoms with Crippen molar-refractivity contribution in [2.75, 3.05) is 0 Å². The van der Waals surface area contributed by atoms with Crippen LogP contribution in [0.15, 0.2) is 57.9 Å². The van der Waals surface area contributed by atoms with Gasteiger partial charge in [-0.1, -0.05) is 12.1 Å². The van der Waals surface area contributed by atoms with Crippen molar-refractivity contribution in [1.82, 2.24) is 10.3 Å². The largest absolute Gasteiger partial charge is 0.508 e. The average molecular weight is 336 g/mol. The number of benzene rings is 1. The molecule has 4 rings (SSSR count). The van der Waals surface area contributed by atoms with Gasteiger partial charge in [-0.3, -0.25) is 9.59 Å². The molecule has 6 nitrogen and oxygen atoms in total. The summed E-state index contributed by atoms with van der Waals surface area (Å²) in [4.78, 5) is 27.4. The van der Waals surface area contributed by atoms with Crippen LogP contribution in [0.2, 0.25) is 0 Å². The highest BCUT2D eigenvalue weighted by atomic mass is 16.3. The predicted octanol–water partition coefficient (Wildman–Crippen LogP) is 2.76. The summed E-state index contributed by atoms with van der Waals surface area (Å²) in [7, 11) is 0. The lowest BCUT2D eigenvalue weighted by Crippen LogP contribution is -2.32. The van der Waals surface area contributed by atoms with Gasteiger partial charge in [0, 0.05) is 0 Å². The molecule has 1 aromatic carbocycles. The fourth-order valence-corrected chi connectivity index (χ4v) is 3.25. The lowest BCUT2D eigenvalue weighted by molar-refractivity contribution is 0.0935. The van der Waals surface area contributed by atoms with Crippen molar-refractivity contribution in [3.05, 3.63) is 75.8 Å². The average Bonchev–Trinajstić information content (AvgIpc) is 3.26. The Hall–Kier alpha value is -3.28. The fourth-order valence-electron chi connectivity index (χ4n) is 3.25. The maximum Gasteiger partial charge on any atom is 0.261 e. The summed E-state index contributed by atoms with van der Waals surface area (Å²) in [5, 5.41) is 12.8. The first-order valence-electron chi connectivity index (χ1n) is 8.02. The van der Waals surface area contributed by atoms with E-state index in [4.69, 9.17) is 4.42 Å². The molecule has 0 saturated carbocycles. The lowest BCUT2D eigenvalue weighted by atomic mass is 10.1. The number of aromatic hydroxyl groups is 1. The molecule has 1 aliphatic carbocycles. The number of carbonyl (C=O) groups is 1. The second-order valence-electron chi connectivity index (χ2n) is 6.00. The number of aromatic nitrogens is 1. The molecule has 6 heteroatoms. The Morgan fingerprint density at radius 2 is 2.08 bits per heavy atom. The summed E-state index contributed by atoms with van der Waals surface area (Å²) in [6, 6.07) is 11.7. The van der Waals surface area contributed by atoms with E-state index in [0.29, 0.717) is 24.3 Å². The molecule has 0 aliphatic heterocycles. The number of phenols is 1. The lowest BCUT2D eigenvalue weighted by Gasteiger charge is -2.14. The first kappa shape index (κ1) is 15.3. The number of aromatic amines is 1. The fraction of sp³-hybridized carbons (Fsp3) is 0.158. The van der Waals surface area contributed by atoms with Crippen LogP contribution in [0.4, 0.5) is 0 Å². The van der Waals surface area contributed by atoms with Crippen LogP contribution < -0.4 is 10.9 Å². The van der Waals surface area contributed by atoms with Crippen molar-refractivity contribution in [2.45, 2.75) is 18.9 Å². The van der Waals surface area contributed by atoms with Crippen molar-refractivity contribution in [2.24, 2.45) is 0 Å². The van der Waals surface area contributed by atoms with Crippen molar-refractivity contribution in [3.63, 3.8) is 0 Å². The van der Waals surface area contributed by atoms with Crippen molar-refractivity contribution < 1.29 is 14.3 Å². The maximum absolute atomic E-state index is 12.5. The van der Waals surface area contributed by atoms with Gasteiger partial charge in [0.05, 0.1) is 18.0 Å². The number of carbonyl (C=O) groups excluding carboxylic acids is 1. The minimum absolute atomic E-state index is 0.0453. The smallest absolute Gasteiger partial charge is 0.261 e. The van der Waals surface area contributed by atoms with Crippen LogP contribution in [-0.2, 0) is 6.42 Å². The number of fused-ring (bicyclic) bond motifs is 1. The zero-order valence-electron chi connectivity index (χ0n) is 13.3. The molecule has 0 spiro atoms. The number of phenolic OH excluding ortho intramolecular Hbond substituents is 1. The van der Waals surface area contributed by atoms with Crippen molar-refractivity contribution in [1.29, 1.82) is 0 Å². The SMILES string of the molecule is O=C(NC1CCc2c(O)cccc21)c1ccc(-c2ccco2)[nH]c1=O. The minimum Gasteiger partial charge on any atom is -0.508 e. The van der Waals surface area contributed by atoms with Crippen LogP contribution in [0.5, 0.6) is 5.75 Å². The summed E-state index contributed by atoms with van der Waals surface area (Å²) in [6.45, 7) is 0. The highest BCUT2D eigenvalue weighted by Crippen LogP contribution is 2.36. The van der Waals surface area contributed by atoms with E-state index in [-0.39, 0.29) is 17.4 Å². The molecular formula is C19H16N2O4. The topological polar surface area (TPSA) is 95.3 Å². The third-order valence-electron chi connectivity index (χ3n) is 4.49. The number of H-pyrrole nitrogens is 1. The monoisotopic (exact) mass is 336 g/mol. The number of rotatable bonds is 3. The van der Waals surface area contributed by atoms with Crippen LogP contribution in [0.1, 0.15) is 33.9 Å². The molecule has 3 aromatic rings. The van der Waals surface area contributed by atoms with E-state index < -0.39 is 11.5 Å². The molecule has 1 aliphatic rings. The van der Waals surface area contributed by atoms with Gasteiger partial charge in [0.15, 0.2) is 0 Å². The molecule has 25 heavy (non-hydrogen) atoms. The van der Waals surface area contributed by atoms with Gasteiger partial charge in [-0.05, 0) is 54.3 Å². The van der Waals surface area contributed by atoms with Crippen LogP contribution in [0, 0.1) is 0 Å². The first-order valence-corrected chi connectivity index (χ1v) is 8.02. The van der Waals surface area contributed by atoms with Gasteiger partial charge in [-0.15, -0.1) is 0 Å². The summed E-state index contributed by atoms with van der Waals surface area (Å²) in [5.74, 6) is 0.340. The molecule has 1 amide bonds. The van der Waals surface area contributed by atoms with Gasteiger partial charge < -0.3 is 19.8 Å². The molecular weight excluding hydrogens is 320 g/mol. The summed E-state index contributed by atoms with van der Waals surface area (Å²) >= 11 is 0. The third-order valence-corrected chi connectivity index (χ3v) is 4.49. The van der Waals surface area contributed by atoms with Crippen LogP contribution in [0.3, 0.4) is 0 Å². The van der Waals surface area contributed by atoms with Crippen LogP contribution in [-0.4, -0.2) is 16.0 Å². The van der Waals surface area contributed by atoms with E-state index in [2.05, 4.69) is 10.3 Å². The molecule has 0 bridgehead atoms. The first-order chi connectivity index (χ1) is 12.1. The Morgan fingerprint density at radius 1 is 1.20 bits per heavy atom. The number of hydrogen-bond donors (Lipinski definition) is 3. The Morgan fingerprint density at radius 3 is 2.84 bits per heavy atom. The zero-order chi connectivity index (χ0) is 17.4. The van der Waals surface area contributed by atoms with Gasteiger partial charge in [0.25, 0.3) is 11.5 Å². The normalized spacial score (nSPS) is 15.8. The molecule has 2 aromatic heterocycles. The number of hydrogen-bond acceptors (Lipinski definition) is 4. The Bertz CT molecular complexity index is 989. The zero-order valence-corrected chi connectivity index (χ0v) is 13.3. The number of pyridine rings is 1. The van der Waals surface area contributed by atoms with E-state index >= 15 is 0 Å². The molecule has 0 saturated heterocycles. The molecule has 1 unspecified atom stereocenters. The van der Waals surface area contributed by atoms with Gasteiger partial charge in [0.2, 0.25) is 0 Å². The molecule has 3 N–H and O–H groups in total. The Kier molecular flexibility index (Phi) is 3.65. The van der Waals surface area contributed by atoms with E-state index in [1.54, 1.807) is 30.3 Å². The highest BCUT2D eigenvalue weighted by molar-refractivity contribution is 5.94. The van der Waals surface area contributed by atoms with Gasteiger partial charge in [-0.2, -0.15) is 0 Å². The van der Waals surface area contributed by atoms with E-state index in [1.165, 1.54) is 12.3 Å². The summed E-state index contributed by atoms with van der Waals surface area (Å²) < 4.78 is 5.24. The predicted molar refractivity (Wildman–Crippen MR) is 91.4 cm³/mol. The second kappa shape index (κ2) is 5.98. The van der Waals surface area contributed by atoms with Crippen LogP contribution >= 0.6 is 0 Å². The molecule has 0 radical (unpaired) electrons. The summed E-state index contributed by atoms with van der Waals surface area (Å²) in [5.41, 5.74) is 1.85. The highest BCUT2D eigenvalue weighted by Gasteiger charge is 2.26.